The molecule has 0 amide bonds. The van der Waals surface area contributed by atoms with Crippen LogP contribution in [0.3, 0.4) is 0 Å². The molecule has 15 aromatic rings. The van der Waals surface area contributed by atoms with E-state index in [2.05, 4.69) is 187 Å². The maximum atomic E-state index is 9.37. The summed E-state index contributed by atoms with van der Waals surface area (Å²) < 4.78 is 0. The van der Waals surface area contributed by atoms with Crippen molar-refractivity contribution in [3.05, 3.63) is 336 Å². The van der Waals surface area contributed by atoms with E-state index in [1.54, 1.807) is 5.56 Å². The van der Waals surface area contributed by atoms with Crippen LogP contribution in [0, 0.1) is 47.3 Å². The van der Waals surface area contributed by atoms with Crippen molar-refractivity contribution in [3.63, 3.8) is 0 Å². The van der Waals surface area contributed by atoms with E-state index in [-0.39, 0.29) is 31.4 Å². The Balaban J connectivity index is 0.000000145. The highest BCUT2D eigenvalue weighted by molar-refractivity contribution is 6.56. The fourth-order valence-electron chi connectivity index (χ4n) is 22.2. The molecule has 2 N–H and O–H groups in total. The monoisotopic (exact) mass is 1590 g/mol. The van der Waals surface area contributed by atoms with Crippen LogP contribution in [0.15, 0.2) is 303 Å². The van der Waals surface area contributed by atoms with Crippen LogP contribution < -0.4 is 5.72 Å². The number of halogens is 2. The second kappa shape index (κ2) is 32.9. The number of nitrogens with zero attached hydrogens (tertiary/aromatic N) is 9. The zero-order chi connectivity index (χ0) is 78.9. The van der Waals surface area contributed by atoms with E-state index in [9.17, 15) is 10.0 Å². The molecule has 584 valence electrons. The molecule has 119 heavy (non-hydrogen) atoms. The van der Waals surface area contributed by atoms with Crippen LogP contribution in [0.4, 0.5) is 0 Å². The van der Waals surface area contributed by atoms with Crippen LogP contribution in [-0.2, 0) is 10.8 Å². The molecule has 3 heterocycles. The first-order valence-electron chi connectivity index (χ1n) is 41.2. The van der Waals surface area contributed by atoms with E-state index in [4.69, 9.17) is 53.1 Å². The van der Waals surface area contributed by atoms with Crippen LogP contribution in [0.2, 0.25) is 16.9 Å². The van der Waals surface area contributed by atoms with Gasteiger partial charge in [-0.15, -0.1) is 0 Å². The summed E-state index contributed by atoms with van der Waals surface area (Å²) in [6.45, 7) is 1.50. The fourth-order valence-corrected chi connectivity index (χ4v) is 22.5. The molecule has 11 nitrogen and oxygen atoms in total. The van der Waals surface area contributed by atoms with Crippen LogP contribution in [0.1, 0.15) is 101 Å². The topological polar surface area (TPSA) is 156 Å². The number of aromatic nitrogens is 9. The Kier molecular flexibility index (Phi) is 21.7. The SMILES string of the molecule is C.C.Clc1cccc(-c2ccc3c(c2)C2(c4cc(Cl)ccc4-3)C3CC4CC(C3)CC2C4)c1.OB(O)c1nc(-c2ccccc2)nc(-c2ccccc2)n1.[B]C.c1ccc(-c2nc(-c3ccccc3)nc(-c3cccc(-c4ccc5c(c4)C4(c6cc(-c7nc(-c8ccccc8)nc(-c8ccccc8)n7)ccc6-5)C5CC6CC(C5)CC4C6)c3)n2)cc1. The van der Waals surface area contributed by atoms with E-state index < -0.39 is 7.12 Å². The summed E-state index contributed by atoms with van der Waals surface area (Å²) >= 11 is 12.9. The molecule has 8 fully saturated rings. The summed E-state index contributed by atoms with van der Waals surface area (Å²) in [7, 11) is 2.76. The summed E-state index contributed by atoms with van der Waals surface area (Å²) in [5, 5.41) is 20.4. The van der Waals surface area contributed by atoms with Gasteiger partial charge in [0.2, 0.25) is 0 Å². The smallest absolute Gasteiger partial charge is 0.421 e. The summed E-state index contributed by atoms with van der Waals surface area (Å²) in [5.74, 6) is 11.1. The fraction of sp³-hybridized carbons (Fsp3) is 0.221. The lowest BCUT2D eigenvalue weighted by atomic mass is 9.43. The van der Waals surface area contributed by atoms with Crippen molar-refractivity contribution in [2.45, 2.75) is 96.7 Å². The van der Waals surface area contributed by atoms with Gasteiger partial charge in [0.05, 0.1) is 7.85 Å². The Labute approximate surface area is 709 Å². The highest BCUT2D eigenvalue weighted by Crippen LogP contribution is 2.72. The third kappa shape index (κ3) is 14.3. The van der Waals surface area contributed by atoms with Gasteiger partial charge in [-0.3, -0.25) is 0 Å². The minimum atomic E-state index is -1.74. The second-order valence-corrected chi connectivity index (χ2v) is 33.8. The van der Waals surface area contributed by atoms with Crippen molar-refractivity contribution in [1.29, 1.82) is 0 Å². The van der Waals surface area contributed by atoms with Gasteiger partial charge in [0, 0.05) is 65.4 Å². The highest BCUT2D eigenvalue weighted by atomic mass is 35.5. The van der Waals surface area contributed by atoms with E-state index in [0.717, 1.165) is 95.6 Å². The normalized spacial score (nSPS) is 21.5. The molecule has 0 aliphatic heterocycles. The molecule has 8 saturated carbocycles. The van der Waals surface area contributed by atoms with Gasteiger partial charge in [0.1, 0.15) is 0 Å². The molecule has 3 aromatic heterocycles. The van der Waals surface area contributed by atoms with Gasteiger partial charge < -0.3 is 10.0 Å². The van der Waals surface area contributed by atoms with E-state index >= 15 is 0 Å². The van der Waals surface area contributed by atoms with Gasteiger partial charge in [0.15, 0.2) is 52.3 Å². The first-order chi connectivity index (χ1) is 57.5. The molecule has 2 radical (unpaired) electrons. The van der Waals surface area contributed by atoms with Crippen LogP contribution >= 0.6 is 23.2 Å². The predicted octanol–water partition coefficient (Wildman–Crippen LogP) is 24.2. The molecule has 8 bridgehead atoms. The molecular weight excluding hydrogens is 1500 g/mol. The van der Waals surface area contributed by atoms with Crippen LogP contribution in [-0.4, -0.2) is 69.9 Å². The minimum Gasteiger partial charge on any atom is -0.421 e. The summed E-state index contributed by atoms with van der Waals surface area (Å²) in [6.07, 6.45) is 13.6. The van der Waals surface area contributed by atoms with Gasteiger partial charge in [-0.2, -0.15) is 0 Å². The zero-order valence-corrected chi connectivity index (χ0v) is 66.4. The Morgan fingerprint density at radius 2 is 0.487 bits per heavy atom. The van der Waals surface area contributed by atoms with Crippen molar-refractivity contribution < 1.29 is 10.0 Å². The highest BCUT2D eigenvalue weighted by Gasteiger charge is 2.63. The van der Waals surface area contributed by atoms with E-state index in [0.29, 0.717) is 58.4 Å². The molecule has 2 spiro atoms. The molecule has 12 aromatic carbocycles. The average Bonchev–Trinajstić information content (AvgIpc) is 1.44. The molecule has 10 aliphatic carbocycles. The largest absolute Gasteiger partial charge is 0.528 e. The van der Waals surface area contributed by atoms with Gasteiger partial charge in [-0.05, 0) is 227 Å². The van der Waals surface area contributed by atoms with Gasteiger partial charge >= 0.3 is 7.12 Å². The first-order valence-corrected chi connectivity index (χ1v) is 41.9. The summed E-state index contributed by atoms with van der Waals surface area (Å²) in [5.41, 5.74) is 24.0. The maximum absolute atomic E-state index is 9.37. The Morgan fingerprint density at radius 1 is 0.252 bits per heavy atom. The maximum Gasteiger partial charge on any atom is 0.528 e. The van der Waals surface area contributed by atoms with Gasteiger partial charge in [-0.25, -0.2) is 44.9 Å². The third-order valence-corrected chi connectivity index (χ3v) is 26.9. The Morgan fingerprint density at radius 3 is 0.815 bits per heavy atom. The molecular formula is C104H91B2Cl2N9O2. The quantitative estimate of drug-likeness (QED) is 0.119. The van der Waals surface area contributed by atoms with Crippen molar-refractivity contribution in [1.82, 2.24) is 44.9 Å². The van der Waals surface area contributed by atoms with Crippen LogP contribution in [0.25, 0.3) is 136 Å². The summed E-state index contributed by atoms with van der Waals surface area (Å²) in [4.78, 5) is 43.1. The summed E-state index contributed by atoms with van der Waals surface area (Å²) in [6, 6.07) is 105. The van der Waals surface area contributed by atoms with Crippen molar-refractivity contribution in [2.24, 2.45) is 47.3 Å². The first kappa shape index (κ1) is 78.5. The Hall–Kier alpha value is -11.7. The molecule has 0 saturated heterocycles. The van der Waals surface area contributed by atoms with Gasteiger partial charge in [-0.1, -0.05) is 300 Å². The molecule has 15 heteroatoms. The number of fused-ring (bicyclic) bond motifs is 6. The number of hydrogen-bond acceptors (Lipinski definition) is 11. The van der Waals surface area contributed by atoms with E-state index in [1.165, 1.54) is 127 Å². The van der Waals surface area contributed by atoms with Crippen molar-refractivity contribution in [2.75, 3.05) is 0 Å². The van der Waals surface area contributed by atoms with Crippen molar-refractivity contribution in [3.8, 4) is 136 Å². The molecule has 0 unspecified atom stereocenters. The molecule has 25 rings (SSSR count). The lowest BCUT2D eigenvalue weighted by molar-refractivity contribution is -0.0399. The number of benzene rings is 12. The predicted molar refractivity (Wildman–Crippen MR) is 485 cm³/mol. The third-order valence-electron chi connectivity index (χ3n) is 26.5. The molecule has 0 atom stereocenters. The zero-order valence-electron chi connectivity index (χ0n) is 64.9. The lowest BCUT2D eigenvalue weighted by Crippen LogP contribution is -2.55. The number of rotatable bonds is 11. The minimum absolute atomic E-state index is 0. The number of hydrogen-bond donors (Lipinski definition) is 2. The van der Waals surface area contributed by atoms with Gasteiger partial charge in [0.25, 0.3) is 0 Å². The standard InChI is InChI=1S/C58H44N6.C28H24Cl2.C15H12BN3O2.CH3B.2CH4/c1-5-14-38(15-6-1)52-59-53(39-16-7-2-8-17-39)62-56(61-52)44-23-13-22-42(33-44)43-24-26-48-49-27-25-45(35-51(49)58(50(48)34-43)46-29-36-28-37(31-46)32-47(58)30-36)57-63-54(40-18-9-3-10-19-40)60-55(64-57)41-20-11-4-12-21-41;29-22-3-1-2-18(13-22)19-4-6-24-25-7-5-23(30)15-27(25)28(26(24)14-19)20-9-16-8-17(11-20)12-21(28)10-16;20-16(21)15-18-13(11-7-3-1-4-8-11)17-14(19-15)12-9-5-2-6-10-12;1-2;;/h1-27,33-37,46-47H,28-32H2;1-7,13-17,20-21H,8-12H2;1-10,20-21H;1H3;2*1H4. The lowest BCUT2D eigenvalue weighted by Gasteiger charge is -2.61. The van der Waals surface area contributed by atoms with Crippen LogP contribution in [0.5, 0.6) is 0 Å². The molecule has 10 aliphatic rings. The second-order valence-electron chi connectivity index (χ2n) is 32.9. The average molecular weight is 1590 g/mol. The Bertz CT molecular complexity index is 6000. The van der Waals surface area contributed by atoms with Crippen molar-refractivity contribution >= 4 is 43.9 Å². The van der Waals surface area contributed by atoms with E-state index in [1.807, 2.05) is 140 Å².